The number of carbonyl (C=O) groups is 1. The molecule has 2 N–H and O–H groups in total. The van der Waals surface area contributed by atoms with Crippen LogP contribution >= 0.6 is 11.6 Å². The van der Waals surface area contributed by atoms with E-state index in [2.05, 4.69) is 10.0 Å². The molecule has 27 heavy (non-hydrogen) atoms. The van der Waals surface area contributed by atoms with Crippen LogP contribution in [0.5, 0.6) is 0 Å². The van der Waals surface area contributed by atoms with Crippen molar-refractivity contribution in [2.24, 2.45) is 0 Å². The van der Waals surface area contributed by atoms with E-state index in [1.54, 1.807) is 12.1 Å². The maximum atomic E-state index is 12.6. The molecular weight excluding hydrogens is 384 g/mol. The normalized spacial score (nSPS) is 16.4. The number of anilines is 1. The summed E-state index contributed by atoms with van der Waals surface area (Å²) in [7, 11) is -3.69. The van der Waals surface area contributed by atoms with Crippen molar-refractivity contribution in [1.82, 2.24) is 5.32 Å². The van der Waals surface area contributed by atoms with Gasteiger partial charge in [-0.1, -0.05) is 30.7 Å². The lowest BCUT2D eigenvalue weighted by atomic mass is 9.94. The Bertz CT molecular complexity index is 921. The maximum absolute atomic E-state index is 12.6. The molecule has 1 aliphatic carbocycles. The monoisotopic (exact) mass is 406 g/mol. The minimum Gasteiger partial charge on any atom is -0.353 e. The average Bonchev–Trinajstić information content (AvgIpc) is 3.44. The molecule has 3 rings (SSSR count). The summed E-state index contributed by atoms with van der Waals surface area (Å²) >= 11 is 5.81. The van der Waals surface area contributed by atoms with E-state index in [-0.39, 0.29) is 16.8 Å². The van der Waals surface area contributed by atoms with Gasteiger partial charge in [0.25, 0.3) is 10.0 Å². The second-order valence-corrected chi connectivity index (χ2v) is 9.12. The molecule has 1 atom stereocenters. The molecule has 7 heteroatoms. The zero-order chi connectivity index (χ0) is 19.7. The lowest BCUT2D eigenvalue weighted by Gasteiger charge is -2.19. The van der Waals surface area contributed by atoms with Gasteiger partial charge < -0.3 is 5.32 Å². The number of hydrogen-bond acceptors (Lipinski definition) is 3. The Morgan fingerprint density at radius 3 is 2.22 bits per heavy atom. The average molecular weight is 407 g/mol. The van der Waals surface area contributed by atoms with Gasteiger partial charge in [-0.15, -0.1) is 0 Å². The van der Waals surface area contributed by atoms with Crippen LogP contribution in [0.3, 0.4) is 0 Å². The van der Waals surface area contributed by atoms with E-state index in [0.717, 1.165) is 24.8 Å². The molecule has 0 radical (unpaired) electrons. The maximum Gasteiger partial charge on any atom is 0.261 e. The first-order valence-corrected chi connectivity index (χ1v) is 10.8. The number of sulfonamides is 1. The number of halogens is 1. The summed E-state index contributed by atoms with van der Waals surface area (Å²) in [5, 5.41) is 3.52. The Morgan fingerprint density at radius 2 is 1.70 bits per heavy atom. The Hall–Kier alpha value is -2.05. The van der Waals surface area contributed by atoms with Crippen LogP contribution in [0.25, 0.3) is 0 Å². The van der Waals surface area contributed by atoms with Crippen molar-refractivity contribution in [3.63, 3.8) is 0 Å². The van der Waals surface area contributed by atoms with Gasteiger partial charge in [-0.2, -0.15) is 0 Å². The summed E-state index contributed by atoms with van der Waals surface area (Å²) in [6, 6.07) is 13.2. The zero-order valence-corrected chi connectivity index (χ0v) is 16.9. The van der Waals surface area contributed by atoms with Crippen LogP contribution in [-0.4, -0.2) is 20.4 Å². The van der Waals surface area contributed by atoms with Gasteiger partial charge in [0.1, 0.15) is 0 Å². The van der Waals surface area contributed by atoms with Gasteiger partial charge in [-0.05, 0) is 68.1 Å². The number of amides is 1. The van der Waals surface area contributed by atoms with Crippen molar-refractivity contribution in [1.29, 1.82) is 0 Å². The molecule has 2 aromatic rings. The van der Waals surface area contributed by atoms with Gasteiger partial charge in [0.05, 0.1) is 10.3 Å². The van der Waals surface area contributed by atoms with Gasteiger partial charge in [-0.25, -0.2) is 8.42 Å². The van der Waals surface area contributed by atoms with Crippen molar-refractivity contribution >= 4 is 33.2 Å². The first-order chi connectivity index (χ1) is 12.8. The molecule has 144 valence electrons. The topological polar surface area (TPSA) is 75.3 Å². The fourth-order valence-electron chi connectivity index (χ4n) is 2.92. The van der Waals surface area contributed by atoms with Crippen LogP contribution in [0.15, 0.2) is 53.4 Å². The van der Waals surface area contributed by atoms with Gasteiger partial charge >= 0.3 is 0 Å². The standard InChI is InChI=1S/C20H23ClN2O3S/c1-3-14(2)22-19(24)20(12-13-20)15-4-8-17(9-5-15)23-27(25,26)18-10-6-16(21)7-11-18/h4-11,14,23H,3,12-13H2,1-2H3,(H,22,24)/t14-/m1/s1. The van der Waals surface area contributed by atoms with E-state index in [4.69, 9.17) is 11.6 Å². The third kappa shape index (κ3) is 4.28. The third-order valence-electron chi connectivity index (χ3n) is 4.99. The first-order valence-electron chi connectivity index (χ1n) is 8.97. The highest BCUT2D eigenvalue weighted by atomic mass is 35.5. The van der Waals surface area contributed by atoms with Crippen molar-refractivity contribution in [3.8, 4) is 0 Å². The SMILES string of the molecule is CC[C@@H](C)NC(=O)C1(c2ccc(NS(=O)(=O)c3ccc(Cl)cc3)cc2)CC1. The lowest BCUT2D eigenvalue weighted by Crippen LogP contribution is -2.39. The summed E-state index contributed by atoms with van der Waals surface area (Å²) in [6.45, 7) is 4.02. The fourth-order valence-corrected chi connectivity index (χ4v) is 4.11. The van der Waals surface area contributed by atoms with Crippen LogP contribution in [0.2, 0.25) is 5.02 Å². The molecule has 0 saturated heterocycles. The third-order valence-corrected chi connectivity index (χ3v) is 6.64. The summed E-state index contributed by atoms with van der Waals surface area (Å²) in [6.07, 6.45) is 2.50. The minimum atomic E-state index is -3.69. The number of hydrogen-bond donors (Lipinski definition) is 2. The van der Waals surface area contributed by atoms with E-state index >= 15 is 0 Å². The van der Waals surface area contributed by atoms with Crippen LogP contribution in [-0.2, 0) is 20.2 Å². The summed E-state index contributed by atoms with van der Waals surface area (Å²) in [4.78, 5) is 12.7. The number of benzene rings is 2. The Morgan fingerprint density at radius 1 is 1.11 bits per heavy atom. The molecule has 0 bridgehead atoms. The molecule has 1 aliphatic rings. The van der Waals surface area contributed by atoms with Gasteiger partial charge in [-0.3, -0.25) is 9.52 Å². The number of carbonyl (C=O) groups excluding carboxylic acids is 1. The second-order valence-electron chi connectivity index (χ2n) is 7.00. The smallest absolute Gasteiger partial charge is 0.261 e. The molecule has 0 unspecified atom stereocenters. The first kappa shape index (κ1) is 19.7. The quantitative estimate of drug-likeness (QED) is 0.727. The van der Waals surface area contributed by atoms with Crippen LogP contribution in [0, 0.1) is 0 Å². The summed E-state index contributed by atoms with van der Waals surface area (Å²) in [5.41, 5.74) is 0.890. The van der Waals surface area contributed by atoms with Crippen LogP contribution in [0.4, 0.5) is 5.69 Å². The van der Waals surface area contributed by atoms with Crippen LogP contribution in [0.1, 0.15) is 38.7 Å². The van der Waals surface area contributed by atoms with Gasteiger partial charge in [0.15, 0.2) is 0 Å². The Balaban J connectivity index is 1.74. The van der Waals surface area contributed by atoms with Crippen molar-refractivity contribution in [3.05, 3.63) is 59.1 Å². The molecular formula is C20H23ClN2O3S. The molecule has 1 fully saturated rings. The van der Waals surface area contributed by atoms with Crippen molar-refractivity contribution in [2.75, 3.05) is 4.72 Å². The van der Waals surface area contributed by atoms with E-state index in [1.807, 2.05) is 26.0 Å². The van der Waals surface area contributed by atoms with Gasteiger partial charge in [0.2, 0.25) is 5.91 Å². The predicted octanol–water partition coefficient (Wildman–Crippen LogP) is 4.09. The van der Waals surface area contributed by atoms with E-state index < -0.39 is 15.4 Å². The Kier molecular flexibility index (Phi) is 5.49. The molecule has 2 aromatic carbocycles. The van der Waals surface area contributed by atoms with Crippen LogP contribution < -0.4 is 10.0 Å². The molecule has 0 aliphatic heterocycles. The zero-order valence-electron chi connectivity index (χ0n) is 15.3. The predicted molar refractivity (Wildman–Crippen MR) is 108 cm³/mol. The fraction of sp³-hybridized carbons (Fsp3) is 0.350. The highest BCUT2D eigenvalue weighted by molar-refractivity contribution is 7.92. The van der Waals surface area contributed by atoms with E-state index in [1.165, 1.54) is 24.3 Å². The largest absolute Gasteiger partial charge is 0.353 e. The van der Waals surface area contributed by atoms with Gasteiger partial charge in [0, 0.05) is 16.8 Å². The lowest BCUT2D eigenvalue weighted by molar-refractivity contribution is -0.124. The molecule has 0 aromatic heterocycles. The Labute approximate surface area is 165 Å². The number of rotatable bonds is 7. The number of nitrogens with one attached hydrogen (secondary N) is 2. The highest BCUT2D eigenvalue weighted by Gasteiger charge is 2.51. The molecule has 1 amide bonds. The molecule has 1 saturated carbocycles. The molecule has 5 nitrogen and oxygen atoms in total. The second kappa shape index (κ2) is 7.52. The van der Waals surface area contributed by atoms with Crippen molar-refractivity contribution in [2.45, 2.75) is 49.5 Å². The minimum absolute atomic E-state index is 0.0475. The summed E-state index contributed by atoms with van der Waals surface area (Å²) in [5.74, 6) is 0.0475. The van der Waals surface area contributed by atoms with E-state index in [0.29, 0.717) is 10.7 Å². The highest BCUT2D eigenvalue weighted by Crippen LogP contribution is 2.48. The van der Waals surface area contributed by atoms with Crippen molar-refractivity contribution < 1.29 is 13.2 Å². The molecule has 0 heterocycles. The van der Waals surface area contributed by atoms with E-state index in [9.17, 15) is 13.2 Å². The summed E-state index contributed by atoms with van der Waals surface area (Å²) < 4.78 is 27.5. The molecule has 0 spiro atoms.